The maximum Gasteiger partial charge on any atom is 0.193 e. The van der Waals surface area contributed by atoms with E-state index in [1.54, 1.807) is 0 Å². The lowest BCUT2D eigenvalue weighted by molar-refractivity contribution is 0.229. The zero-order valence-corrected chi connectivity index (χ0v) is 12.6. The molecule has 0 fully saturated rings. The monoisotopic (exact) mass is 242 g/mol. The summed E-state index contributed by atoms with van der Waals surface area (Å²) in [4.78, 5) is 0. The van der Waals surface area contributed by atoms with Crippen molar-refractivity contribution >= 4 is 8.32 Å². The Morgan fingerprint density at radius 2 is 1.88 bits per heavy atom. The molecule has 0 spiro atoms. The highest BCUT2D eigenvalue weighted by molar-refractivity contribution is 6.74. The molecule has 16 heavy (non-hydrogen) atoms. The first-order chi connectivity index (χ1) is 7.24. The fourth-order valence-corrected chi connectivity index (χ4v) is 2.28. The second-order valence-electron chi connectivity index (χ2n) is 5.57. The van der Waals surface area contributed by atoms with Gasteiger partial charge in [0.1, 0.15) is 6.10 Å². The van der Waals surface area contributed by atoms with Crippen LogP contribution < -0.4 is 0 Å². The van der Waals surface area contributed by atoms with Crippen molar-refractivity contribution in [3.8, 4) is 11.8 Å². The van der Waals surface area contributed by atoms with Crippen LogP contribution in [-0.2, 0) is 4.43 Å². The van der Waals surface area contributed by atoms with E-state index in [1.807, 2.05) is 0 Å². The zero-order chi connectivity index (χ0) is 12.8. The maximum absolute atomic E-state index is 8.68. The van der Waals surface area contributed by atoms with Gasteiger partial charge in [-0.2, -0.15) is 0 Å². The molecule has 0 aliphatic rings. The molecule has 0 saturated carbocycles. The average Bonchev–Trinajstić information content (AvgIpc) is 2.14. The molecule has 1 N–H and O–H groups in total. The van der Waals surface area contributed by atoms with Gasteiger partial charge in [-0.15, -0.1) is 0 Å². The Balaban J connectivity index is 4.50. The molecule has 94 valence electrons. The van der Waals surface area contributed by atoms with Crippen LogP contribution in [0.1, 0.15) is 40.5 Å². The number of hydrogen-bond acceptors (Lipinski definition) is 2. The number of aliphatic hydroxyl groups excluding tert-OH is 1. The SMILES string of the molecule is CC[C@H](C#CCCO)O[Si](C)(C)C(C)(C)C. The summed E-state index contributed by atoms with van der Waals surface area (Å²) < 4.78 is 6.18. The Labute approximate surface area is 102 Å². The Hall–Kier alpha value is -0.303. The molecular weight excluding hydrogens is 216 g/mol. The first-order valence-electron chi connectivity index (χ1n) is 6.01. The van der Waals surface area contributed by atoms with E-state index in [2.05, 4.69) is 52.6 Å². The summed E-state index contributed by atoms with van der Waals surface area (Å²) in [6.45, 7) is 13.4. The smallest absolute Gasteiger partial charge is 0.193 e. The van der Waals surface area contributed by atoms with E-state index >= 15 is 0 Å². The van der Waals surface area contributed by atoms with E-state index in [4.69, 9.17) is 9.53 Å². The van der Waals surface area contributed by atoms with Gasteiger partial charge in [-0.25, -0.2) is 0 Å². The molecule has 0 aliphatic carbocycles. The number of hydrogen-bond donors (Lipinski definition) is 1. The lowest BCUT2D eigenvalue weighted by Gasteiger charge is -2.37. The van der Waals surface area contributed by atoms with Crippen LogP contribution in [0.3, 0.4) is 0 Å². The first kappa shape index (κ1) is 15.7. The summed E-state index contributed by atoms with van der Waals surface area (Å²) in [5.41, 5.74) is 0. The van der Waals surface area contributed by atoms with Gasteiger partial charge >= 0.3 is 0 Å². The highest BCUT2D eigenvalue weighted by atomic mass is 28.4. The highest BCUT2D eigenvalue weighted by Crippen LogP contribution is 2.37. The standard InChI is InChI=1S/C13H26O2Si/c1-7-12(10-8-9-11-14)15-16(5,6)13(2,3)4/h12,14H,7,9,11H2,1-6H3/t12-/m1/s1. The lowest BCUT2D eigenvalue weighted by Crippen LogP contribution is -2.43. The van der Waals surface area contributed by atoms with E-state index in [0.717, 1.165) is 6.42 Å². The zero-order valence-electron chi connectivity index (χ0n) is 11.6. The van der Waals surface area contributed by atoms with Crippen LogP contribution >= 0.6 is 0 Å². The summed E-state index contributed by atoms with van der Waals surface area (Å²) in [7, 11) is -1.71. The lowest BCUT2D eigenvalue weighted by atomic mass is 10.2. The molecule has 0 aliphatic heterocycles. The Morgan fingerprint density at radius 3 is 2.25 bits per heavy atom. The third kappa shape index (κ3) is 5.15. The minimum atomic E-state index is -1.71. The van der Waals surface area contributed by atoms with E-state index in [1.165, 1.54) is 0 Å². The van der Waals surface area contributed by atoms with Crippen LogP contribution in [0, 0.1) is 11.8 Å². The van der Waals surface area contributed by atoms with Gasteiger partial charge in [0.25, 0.3) is 0 Å². The predicted molar refractivity (Wildman–Crippen MR) is 71.8 cm³/mol. The van der Waals surface area contributed by atoms with Crippen molar-refractivity contribution in [2.75, 3.05) is 6.61 Å². The van der Waals surface area contributed by atoms with Crippen molar-refractivity contribution in [3.63, 3.8) is 0 Å². The van der Waals surface area contributed by atoms with Crippen LogP contribution in [0.4, 0.5) is 0 Å². The maximum atomic E-state index is 8.68. The Morgan fingerprint density at radius 1 is 1.31 bits per heavy atom. The third-order valence-corrected chi connectivity index (χ3v) is 7.60. The molecule has 0 unspecified atom stereocenters. The molecule has 0 amide bonds. The molecule has 0 bridgehead atoms. The topological polar surface area (TPSA) is 29.5 Å². The van der Waals surface area contributed by atoms with Gasteiger partial charge in [-0.05, 0) is 24.6 Å². The van der Waals surface area contributed by atoms with E-state index in [9.17, 15) is 0 Å². The van der Waals surface area contributed by atoms with Crippen LogP contribution in [0.25, 0.3) is 0 Å². The van der Waals surface area contributed by atoms with Crippen molar-refractivity contribution < 1.29 is 9.53 Å². The molecule has 1 atom stereocenters. The van der Waals surface area contributed by atoms with Crippen LogP contribution in [0.2, 0.25) is 18.1 Å². The molecular formula is C13H26O2Si. The van der Waals surface area contributed by atoms with Gasteiger partial charge in [0.15, 0.2) is 8.32 Å². The second kappa shape index (κ2) is 6.44. The minimum absolute atomic E-state index is 0.0208. The summed E-state index contributed by atoms with van der Waals surface area (Å²) in [5, 5.41) is 8.90. The quantitative estimate of drug-likeness (QED) is 0.606. The minimum Gasteiger partial charge on any atom is -0.403 e. The Kier molecular flexibility index (Phi) is 6.31. The van der Waals surface area contributed by atoms with Gasteiger partial charge in [0.05, 0.1) is 6.61 Å². The molecule has 0 aromatic carbocycles. The number of aliphatic hydroxyl groups is 1. The summed E-state index contributed by atoms with van der Waals surface area (Å²) in [6, 6.07) is 0. The van der Waals surface area contributed by atoms with Crippen molar-refractivity contribution in [3.05, 3.63) is 0 Å². The van der Waals surface area contributed by atoms with Gasteiger partial charge in [0.2, 0.25) is 0 Å². The van der Waals surface area contributed by atoms with Crippen LogP contribution in [-0.4, -0.2) is 26.1 Å². The van der Waals surface area contributed by atoms with E-state index in [-0.39, 0.29) is 17.7 Å². The van der Waals surface area contributed by atoms with Gasteiger partial charge in [0, 0.05) is 6.42 Å². The summed E-state index contributed by atoms with van der Waals surface area (Å²) in [5.74, 6) is 6.06. The predicted octanol–water partition coefficient (Wildman–Crippen LogP) is 3.17. The molecule has 0 heterocycles. The molecule has 3 heteroatoms. The van der Waals surface area contributed by atoms with Gasteiger partial charge in [-0.3, -0.25) is 0 Å². The largest absolute Gasteiger partial charge is 0.403 e. The van der Waals surface area contributed by atoms with Crippen LogP contribution in [0.15, 0.2) is 0 Å². The average molecular weight is 242 g/mol. The van der Waals surface area contributed by atoms with Gasteiger partial charge in [-0.1, -0.05) is 39.5 Å². The second-order valence-corrected chi connectivity index (χ2v) is 10.3. The van der Waals surface area contributed by atoms with Crippen molar-refractivity contribution in [2.24, 2.45) is 0 Å². The fourth-order valence-electron chi connectivity index (χ4n) is 0.989. The summed E-state index contributed by atoms with van der Waals surface area (Å²) in [6.07, 6.45) is 1.47. The van der Waals surface area contributed by atoms with Crippen molar-refractivity contribution in [2.45, 2.75) is 64.8 Å². The third-order valence-electron chi connectivity index (χ3n) is 3.11. The molecule has 0 aromatic heterocycles. The van der Waals surface area contributed by atoms with Gasteiger partial charge < -0.3 is 9.53 Å². The normalized spacial score (nSPS) is 14.2. The molecule has 0 rings (SSSR count). The van der Waals surface area contributed by atoms with Crippen molar-refractivity contribution in [1.29, 1.82) is 0 Å². The van der Waals surface area contributed by atoms with E-state index in [0.29, 0.717) is 6.42 Å². The van der Waals surface area contributed by atoms with E-state index < -0.39 is 8.32 Å². The summed E-state index contributed by atoms with van der Waals surface area (Å²) >= 11 is 0. The fraction of sp³-hybridized carbons (Fsp3) is 0.846. The molecule has 0 aromatic rings. The molecule has 0 saturated heterocycles. The highest BCUT2D eigenvalue weighted by Gasteiger charge is 2.38. The van der Waals surface area contributed by atoms with Crippen molar-refractivity contribution in [1.82, 2.24) is 0 Å². The molecule has 2 nitrogen and oxygen atoms in total. The first-order valence-corrected chi connectivity index (χ1v) is 8.92. The van der Waals surface area contributed by atoms with Crippen LogP contribution in [0.5, 0.6) is 0 Å². The Bertz CT molecular complexity index is 255. The molecule has 0 radical (unpaired) electrons. The number of rotatable bonds is 4.